The van der Waals surface area contributed by atoms with Crippen LogP contribution in [-0.2, 0) is 9.53 Å². The molecule has 3 nitrogen and oxygen atoms in total. The smallest absolute Gasteiger partial charge is 0.129 e. The van der Waals surface area contributed by atoms with Gasteiger partial charge in [0.25, 0.3) is 0 Å². The van der Waals surface area contributed by atoms with E-state index in [2.05, 4.69) is 0 Å². The van der Waals surface area contributed by atoms with Gasteiger partial charge in [0, 0.05) is 7.11 Å². The van der Waals surface area contributed by atoms with Gasteiger partial charge in [-0.1, -0.05) is 12.1 Å². The highest BCUT2D eigenvalue weighted by Crippen LogP contribution is 2.17. The maximum absolute atomic E-state index is 10.6. The van der Waals surface area contributed by atoms with Gasteiger partial charge in [-0.3, -0.25) is 0 Å². The van der Waals surface area contributed by atoms with Gasteiger partial charge in [-0.05, 0) is 17.7 Å². The van der Waals surface area contributed by atoms with E-state index in [1.54, 1.807) is 31.4 Å². The van der Waals surface area contributed by atoms with Crippen LogP contribution in [0.2, 0.25) is 0 Å². The van der Waals surface area contributed by atoms with Crippen molar-refractivity contribution >= 4 is 6.29 Å². The highest BCUT2D eigenvalue weighted by atomic mass is 16.5. The molecule has 0 heterocycles. The Kier molecular flexibility index (Phi) is 3.46. The number of aromatic hydroxyl groups is 1. The summed E-state index contributed by atoms with van der Waals surface area (Å²) in [5.41, 5.74) is 0.856. The maximum Gasteiger partial charge on any atom is 0.129 e. The van der Waals surface area contributed by atoms with E-state index >= 15 is 0 Å². The number of carbonyl (C=O) groups excluding carboxylic acids is 1. The van der Waals surface area contributed by atoms with Crippen molar-refractivity contribution in [1.82, 2.24) is 0 Å². The minimum absolute atomic E-state index is 0.200. The Bertz CT molecular complexity index is 266. The van der Waals surface area contributed by atoms with Crippen LogP contribution in [-0.4, -0.2) is 25.1 Å². The second kappa shape index (κ2) is 4.62. The molecule has 0 fully saturated rings. The molecule has 1 atom stereocenters. The van der Waals surface area contributed by atoms with Crippen molar-refractivity contribution in [3.63, 3.8) is 0 Å². The fourth-order valence-electron chi connectivity index (χ4n) is 1.12. The summed E-state index contributed by atoms with van der Waals surface area (Å²) in [6.07, 6.45) is 0.843. The van der Waals surface area contributed by atoms with Crippen LogP contribution in [0, 0.1) is 0 Å². The van der Waals surface area contributed by atoms with E-state index in [4.69, 9.17) is 9.84 Å². The molecule has 0 amide bonds. The number of hydrogen-bond acceptors (Lipinski definition) is 3. The standard InChI is InChI=1S/C10H12O3/c1-13-7-9(6-11)8-2-4-10(12)5-3-8/h2-6,9,12H,7H2,1H3. The molecule has 1 aromatic rings. The molecular formula is C10H12O3. The minimum atomic E-state index is -0.245. The lowest BCUT2D eigenvalue weighted by Gasteiger charge is -2.08. The zero-order valence-corrected chi connectivity index (χ0v) is 7.43. The molecule has 0 aromatic heterocycles. The molecule has 0 saturated heterocycles. The summed E-state index contributed by atoms with van der Waals surface area (Å²) in [5.74, 6) is -0.0450. The second-order valence-electron chi connectivity index (χ2n) is 2.79. The van der Waals surface area contributed by atoms with E-state index in [1.807, 2.05) is 0 Å². The zero-order chi connectivity index (χ0) is 9.68. The van der Waals surface area contributed by atoms with E-state index in [0.717, 1.165) is 11.8 Å². The first kappa shape index (κ1) is 9.74. The third-order valence-corrected chi connectivity index (χ3v) is 1.83. The number of methoxy groups -OCH3 is 1. The first-order valence-corrected chi connectivity index (χ1v) is 4.01. The predicted octanol–water partition coefficient (Wildman–Crippen LogP) is 1.32. The lowest BCUT2D eigenvalue weighted by atomic mass is 10.0. The molecule has 13 heavy (non-hydrogen) atoms. The third kappa shape index (κ3) is 2.56. The monoisotopic (exact) mass is 180 g/mol. The third-order valence-electron chi connectivity index (χ3n) is 1.83. The van der Waals surface area contributed by atoms with Gasteiger partial charge in [-0.15, -0.1) is 0 Å². The van der Waals surface area contributed by atoms with E-state index in [1.165, 1.54) is 0 Å². The largest absolute Gasteiger partial charge is 0.508 e. The van der Waals surface area contributed by atoms with Crippen molar-refractivity contribution in [1.29, 1.82) is 0 Å². The summed E-state index contributed by atoms with van der Waals surface area (Å²) in [5, 5.41) is 9.02. The Morgan fingerprint density at radius 3 is 2.54 bits per heavy atom. The Morgan fingerprint density at radius 2 is 2.08 bits per heavy atom. The summed E-state index contributed by atoms with van der Waals surface area (Å²) >= 11 is 0. The molecular weight excluding hydrogens is 168 g/mol. The van der Waals surface area contributed by atoms with Crippen molar-refractivity contribution in [2.75, 3.05) is 13.7 Å². The average Bonchev–Trinajstić information content (AvgIpc) is 2.16. The van der Waals surface area contributed by atoms with Crippen LogP contribution in [0.4, 0.5) is 0 Å². The quantitative estimate of drug-likeness (QED) is 0.711. The Morgan fingerprint density at radius 1 is 1.46 bits per heavy atom. The van der Waals surface area contributed by atoms with Gasteiger partial charge >= 0.3 is 0 Å². The van der Waals surface area contributed by atoms with Gasteiger partial charge < -0.3 is 14.6 Å². The molecule has 70 valence electrons. The van der Waals surface area contributed by atoms with E-state index in [9.17, 15) is 4.79 Å². The normalized spacial score (nSPS) is 12.4. The molecule has 0 saturated carbocycles. The minimum Gasteiger partial charge on any atom is -0.508 e. The summed E-state index contributed by atoms with van der Waals surface area (Å²) in [4.78, 5) is 10.6. The van der Waals surface area contributed by atoms with Crippen molar-refractivity contribution in [2.45, 2.75) is 5.92 Å². The molecule has 0 radical (unpaired) electrons. The molecule has 1 rings (SSSR count). The summed E-state index contributed by atoms with van der Waals surface area (Å²) < 4.78 is 4.89. The summed E-state index contributed by atoms with van der Waals surface area (Å²) in [6.45, 7) is 0.369. The van der Waals surface area contributed by atoms with Gasteiger partial charge in [0.1, 0.15) is 12.0 Å². The number of ether oxygens (including phenoxy) is 1. The molecule has 3 heteroatoms. The second-order valence-corrected chi connectivity index (χ2v) is 2.79. The molecule has 0 aliphatic carbocycles. The number of hydrogen-bond donors (Lipinski definition) is 1. The highest BCUT2D eigenvalue weighted by molar-refractivity contribution is 5.62. The number of aldehydes is 1. The lowest BCUT2D eigenvalue weighted by Crippen LogP contribution is -2.07. The Balaban J connectivity index is 2.79. The number of phenols is 1. The maximum atomic E-state index is 10.6. The average molecular weight is 180 g/mol. The molecule has 1 N–H and O–H groups in total. The van der Waals surface area contributed by atoms with Crippen LogP contribution < -0.4 is 0 Å². The SMILES string of the molecule is COCC(C=O)c1ccc(O)cc1. The fraction of sp³-hybridized carbons (Fsp3) is 0.300. The number of benzene rings is 1. The molecule has 0 bridgehead atoms. The number of rotatable bonds is 4. The summed E-state index contributed by atoms with van der Waals surface area (Å²) in [6, 6.07) is 6.55. The van der Waals surface area contributed by atoms with E-state index in [0.29, 0.717) is 6.61 Å². The fourth-order valence-corrected chi connectivity index (χ4v) is 1.12. The van der Waals surface area contributed by atoms with Crippen molar-refractivity contribution in [3.8, 4) is 5.75 Å². The van der Waals surface area contributed by atoms with Crippen LogP contribution in [0.1, 0.15) is 11.5 Å². The van der Waals surface area contributed by atoms with E-state index in [-0.39, 0.29) is 11.7 Å². The highest BCUT2D eigenvalue weighted by Gasteiger charge is 2.09. The van der Waals surface area contributed by atoms with Crippen LogP contribution >= 0.6 is 0 Å². The van der Waals surface area contributed by atoms with Gasteiger partial charge in [-0.25, -0.2) is 0 Å². The first-order chi connectivity index (χ1) is 6.27. The van der Waals surface area contributed by atoms with Crippen molar-refractivity contribution in [3.05, 3.63) is 29.8 Å². The number of phenolic OH excluding ortho intramolecular Hbond substituents is 1. The lowest BCUT2D eigenvalue weighted by molar-refractivity contribution is -0.110. The summed E-state index contributed by atoms with van der Waals surface area (Å²) in [7, 11) is 1.55. The Hall–Kier alpha value is -1.35. The van der Waals surface area contributed by atoms with Gasteiger partial charge in [0.05, 0.1) is 12.5 Å². The van der Waals surface area contributed by atoms with Gasteiger partial charge in [0.15, 0.2) is 0 Å². The van der Waals surface area contributed by atoms with Gasteiger partial charge in [-0.2, -0.15) is 0 Å². The van der Waals surface area contributed by atoms with Crippen LogP contribution in [0.15, 0.2) is 24.3 Å². The van der Waals surface area contributed by atoms with E-state index < -0.39 is 0 Å². The van der Waals surface area contributed by atoms with Crippen LogP contribution in [0.25, 0.3) is 0 Å². The number of carbonyl (C=O) groups is 1. The molecule has 1 aromatic carbocycles. The van der Waals surface area contributed by atoms with Crippen LogP contribution in [0.5, 0.6) is 5.75 Å². The molecule has 0 aliphatic heterocycles. The molecule has 1 unspecified atom stereocenters. The first-order valence-electron chi connectivity index (χ1n) is 4.01. The van der Waals surface area contributed by atoms with Gasteiger partial charge in [0.2, 0.25) is 0 Å². The molecule has 0 aliphatic rings. The predicted molar refractivity (Wildman–Crippen MR) is 48.8 cm³/mol. The van der Waals surface area contributed by atoms with Crippen molar-refractivity contribution < 1.29 is 14.6 Å². The Labute approximate surface area is 77.0 Å². The van der Waals surface area contributed by atoms with Crippen molar-refractivity contribution in [2.24, 2.45) is 0 Å². The van der Waals surface area contributed by atoms with Crippen LogP contribution in [0.3, 0.4) is 0 Å². The zero-order valence-electron chi connectivity index (χ0n) is 7.43. The topological polar surface area (TPSA) is 46.5 Å². The molecule has 0 spiro atoms.